The van der Waals surface area contributed by atoms with Crippen molar-refractivity contribution < 1.29 is 23.0 Å². The Morgan fingerprint density at radius 2 is 2.03 bits per heavy atom. The fourth-order valence-corrected chi connectivity index (χ4v) is 3.67. The van der Waals surface area contributed by atoms with Crippen LogP contribution in [0.4, 0.5) is 13.2 Å². The van der Waals surface area contributed by atoms with Crippen molar-refractivity contribution in [3.05, 3.63) is 59.1 Å². The first-order valence-electron chi connectivity index (χ1n) is 9.09. The second-order valence-corrected chi connectivity index (χ2v) is 7.53. The molecule has 0 aliphatic carbocycles. The van der Waals surface area contributed by atoms with Crippen molar-refractivity contribution in [3.63, 3.8) is 0 Å². The van der Waals surface area contributed by atoms with E-state index >= 15 is 0 Å². The van der Waals surface area contributed by atoms with Gasteiger partial charge < -0.3 is 20.5 Å². The Hall–Kier alpha value is -2.85. The number of aliphatic imine (C=N–C) groups is 1. The maximum Gasteiger partial charge on any atom is 0.422 e. The number of nitrogens with zero attached hydrogens (tertiary/aromatic N) is 2. The predicted octanol–water partition coefficient (Wildman–Crippen LogP) is 3.64. The molecule has 3 aromatic rings. The van der Waals surface area contributed by atoms with Crippen molar-refractivity contribution in [2.75, 3.05) is 20.2 Å². The van der Waals surface area contributed by atoms with Gasteiger partial charge in [-0.2, -0.15) is 13.2 Å². The molecule has 0 amide bonds. The van der Waals surface area contributed by atoms with E-state index in [2.05, 4.69) is 25.3 Å². The van der Waals surface area contributed by atoms with Gasteiger partial charge in [-0.15, -0.1) is 11.3 Å². The summed E-state index contributed by atoms with van der Waals surface area (Å²) in [5, 5.41) is 17.7. The topological polar surface area (TPSA) is 78.8 Å². The number of thiophene rings is 1. The zero-order valence-corrected chi connectivity index (χ0v) is 16.9. The Kier molecular flexibility index (Phi) is 7.11. The molecule has 10 heteroatoms. The molecule has 160 valence electrons. The van der Waals surface area contributed by atoms with Crippen LogP contribution in [0.5, 0.6) is 5.88 Å². The number of hydrogen-bond donors (Lipinski definition) is 3. The van der Waals surface area contributed by atoms with Crippen molar-refractivity contribution in [1.29, 1.82) is 0 Å². The molecule has 1 unspecified atom stereocenters. The van der Waals surface area contributed by atoms with Gasteiger partial charge in [-0.25, -0.2) is 4.98 Å². The predicted molar refractivity (Wildman–Crippen MR) is 111 cm³/mol. The maximum atomic E-state index is 12.2. The maximum absolute atomic E-state index is 12.2. The largest absolute Gasteiger partial charge is 0.468 e. The number of aromatic nitrogens is 1. The van der Waals surface area contributed by atoms with Gasteiger partial charge in [-0.05, 0) is 23.1 Å². The van der Waals surface area contributed by atoms with Crippen LogP contribution in [-0.4, -0.2) is 42.4 Å². The first kappa shape index (κ1) is 21.8. The summed E-state index contributed by atoms with van der Waals surface area (Å²) in [5.74, 6) is 0.387. The number of ether oxygens (including phenoxy) is 1. The molecule has 0 aliphatic rings. The number of fused-ring (bicyclic) bond motifs is 1. The lowest BCUT2D eigenvalue weighted by Gasteiger charge is -2.15. The summed E-state index contributed by atoms with van der Waals surface area (Å²) < 4.78 is 42.2. The Bertz CT molecular complexity index is 957. The van der Waals surface area contributed by atoms with Gasteiger partial charge in [0.2, 0.25) is 5.88 Å². The minimum Gasteiger partial charge on any atom is -0.468 e. The lowest BCUT2D eigenvalue weighted by Crippen LogP contribution is -2.38. The van der Waals surface area contributed by atoms with Crippen LogP contribution in [0.1, 0.15) is 16.5 Å². The van der Waals surface area contributed by atoms with Gasteiger partial charge in [0.1, 0.15) is 6.10 Å². The smallest absolute Gasteiger partial charge is 0.422 e. The average molecular weight is 438 g/mol. The number of halogens is 3. The first-order chi connectivity index (χ1) is 14.3. The lowest BCUT2D eigenvalue weighted by molar-refractivity contribution is -0.154. The summed E-state index contributed by atoms with van der Waals surface area (Å²) in [6, 6.07) is 12.9. The van der Waals surface area contributed by atoms with Gasteiger partial charge >= 0.3 is 6.18 Å². The van der Waals surface area contributed by atoms with E-state index in [0.29, 0.717) is 12.5 Å². The van der Waals surface area contributed by atoms with E-state index < -0.39 is 18.9 Å². The van der Waals surface area contributed by atoms with Crippen molar-refractivity contribution in [2.45, 2.75) is 18.8 Å². The quantitative estimate of drug-likeness (QED) is 0.388. The molecule has 0 saturated carbocycles. The number of pyridine rings is 1. The zero-order valence-electron chi connectivity index (χ0n) is 16.1. The first-order valence-corrected chi connectivity index (χ1v) is 9.91. The summed E-state index contributed by atoms with van der Waals surface area (Å²) in [6.07, 6.45) is -3.66. The number of alkyl halides is 3. The molecule has 0 spiro atoms. The Labute approximate surface area is 175 Å². The van der Waals surface area contributed by atoms with E-state index in [0.717, 1.165) is 20.5 Å². The van der Waals surface area contributed by atoms with Crippen LogP contribution in [0.2, 0.25) is 0 Å². The van der Waals surface area contributed by atoms with Crippen LogP contribution in [0, 0.1) is 0 Å². The highest BCUT2D eigenvalue weighted by Gasteiger charge is 2.28. The fraction of sp³-hybridized carbons (Fsp3) is 0.300. The molecular weight excluding hydrogens is 417 g/mol. The third-order valence-electron chi connectivity index (χ3n) is 4.10. The average Bonchev–Trinajstić information content (AvgIpc) is 3.17. The number of aliphatic hydroxyl groups is 1. The van der Waals surface area contributed by atoms with Gasteiger partial charge in [-0.1, -0.05) is 24.3 Å². The highest BCUT2D eigenvalue weighted by molar-refractivity contribution is 7.19. The van der Waals surface area contributed by atoms with Gasteiger partial charge in [0.05, 0.1) is 0 Å². The second kappa shape index (κ2) is 9.77. The molecule has 1 atom stereocenters. The molecule has 0 bridgehead atoms. The summed E-state index contributed by atoms with van der Waals surface area (Å²) >= 11 is 1.54. The SMILES string of the molecule is CN=C(NCc1ccc(OCC(F)(F)F)nc1)NCC(O)c1cc2ccccc2s1. The summed E-state index contributed by atoms with van der Waals surface area (Å²) in [4.78, 5) is 8.82. The molecule has 0 saturated heterocycles. The molecule has 2 aromatic heterocycles. The van der Waals surface area contributed by atoms with Crippen LogP contribution >= 0.6 is 11.3 Å². The van der Waals surface area contributed by atoms with E-state index in [9.17, 15) is 18.3 Å². The highest BCUT2D eigenvalue weighted by atomic mass is 32.1. The molecule has 6 nitrogen and oxygen atoms in total. The monoisotopic (exact) mass is 438 g/mol. The van der Waals surface area contributed by atoms with E-state index in [1.54, 1.807) is 24.5 Å². The molecule has 3 rings (SSSR count). The molecule has 0 radical (unpaired) electrons. The summed E-state index contributed by atoms with van der Waals surface area (Å²) in [7, 11) is 1.60. The van der Waals surface area contributed by atoms with Crippen molar-refractivity contribution in [3.8, 4) is 5.88 Å². The molecule has 1 aromatic carbocycles. The van der Waals surface area contributed by atoms with E-state index in [1.165, 1.54) is 12.3 Å². The van der Waals surface area contributed by atoms with Gasteiger partial charge in [0.25, 0.3) is 0 Å². The zero-order chi connectivity index (χ0) is 21.6. The number of hydrogen-bond acceptors (Lipinski definition) is 5. The number of nitrogens with one attached hydrogen (secondary N) is 2. The molecule has 0 fully saturated rings. The van der Waals surface area contributed by atoms with Gasteiger partial charge in [-0.3, -0.25) is 4.99 Å². The molecule has 0 aliphatic heterocycles. The number of rotatable bonds is 7. The van der Waals surface area contributed by atoms with Crippen molar-refractivity contribution >= 4 is 27.4 Å². The van der Waals surface area contributed by atoms with Crippen molar-refractivity contribution in [1.82, 2.24) is 15.6 Å². The number of guanidine groups is 1. The fourth-order valence-electron chi connectivity index (χ4n) is 2.62. The summed E-state index contributed by atoms with van der Waals surface area (Å²) in [5.41, 5.74) is 0.738. The van der Waals surface area contributed by atoms with Crippen LogP contribution in [0.3, 0.4) is 0 Å². The Morgan fingerprint density at radius 3 is 2.70 bits per heavy atom. The third-order valence-corrected chi connectivity index (χ3v) is 5.32. The van der Waals surface area contributed by atoms with Crippen molar-refractivity contribution in [2.24, 2.45) is 4.99 Å². The van der Waals surface area contributed by atoms with Crippen LogP contribution in [0.15, 0.2) is 53.7 Å². The molecular formula is C20H21F3N4O2S. The van der Waals surface area contributed by atoms with E-state index in [4.69, 9.17) is 0 Å². The highest BCUT2D eigenvalue weighted by Crippen LogP contribution is 2.29. The number of aliphatic hydroxyl groups excluding tert-OH is 1. The summed E-state index contributed by atoms with van der Waals surface area (Å²) in [6.45, 7) is -0.754. The van der Waals surface area contributed by atoms with E-state index in [1.807, 2.05) is 30.3 Å². The minimum absolute atomic E-state index is 0.0926. The molecule has 3 N–H and O–H groups in total. The normalized spacial score (nSPS) is 13.3. The Balaban J connectivity index is 1.47. The van der Waals surface area contributed by atoms with Gasteiger partial charge in [0, 0.05) is 42.0 Å². The van der Waals surface area contributed by atoms with E-state index in [-0.39, 0.29) is 12.4 Å². The van der Waals surface area contributed by atoms with Gasteiger partial charge in [0.15, 0.2) is 12.6 Å². The third kappa shape index (κ3) is 6.33. The number of benzene rings is 1. The van der Waals surface area contributed by atoms with Crippen LogP contribution < -0.4 is 15.4 Å². The minimum atomic E-state index is -4.40. The lowest BCUT2D eigenvalue weighted by atomic mass is 10.2. The Morgan fingerprint density at radius 1 is 1.23 bits per heavy atom. The second-order valence-electron chi connectivity index (χ2n) is 6.42. The molecule has 2 heterocycles. The molecule has 30 heavy (non-hydrogen) atoms. The standard InChI is InChI=1S/C20H21F3N4O2S/c1-24-19(26-10-13-6-7-18(25-9-13)29-12-20(21,22)23)27-11-15(28)17-8-14-4-2-3-5-16(14)30-17/h2-9,15,28H,10-12H2,1H3,(H2,24,26,27). The van der Waals surface area contributed by atoms with Crippen LogP contribution in [-0.2, 0) is 6.54 Å². The van der Waals surface area contributed by atoms with Crippen LogP contribution in [0.25, 0.3) is 10.1 Å².